The number of nitrogens with zero attached hydrogens (tertiary/aromatic N) is 4. The van der Waals surface area contributed by atoms with Crippen LogP contribution in [0, 0.1) is 0 Å². The van der Waals surface area contributed by atoms with Gasteiger partial charge in [0.2, 0.25) is 0 Å². The molecule has 1 aliphatic rings. The zero-order valence-corrected chi connectivity index (χ0v) is 11.4. The van der Waals surface area contributed by atoms with Crippen molar-refractivity contribution in [2.45, 2.75) is 6.10 Å². The molecule has 1 atom stereocenters. The van der Waals surface area contributed by atoms with Crippen LogP contribution in [0.4, 0.5) is 0 Å². The molecule has 0 aliphatic carbocycles. The summed E-state index contributed by atoms with van der Waals surface area (Å²) in [5, 5.41) is 16.2. The van der Waals surface area contributed by atoms with E-state index in [-0.39, 0.29) is 12.7 Å². The standard InChI is InChI=1S/C12H21N5O2/c1-13-12(14-3-5-18)17-4-6-19-11(9-17)10-7-15-16(2)8-10/h7-8,11,18H,3-6,9H2,1-2H3,(H,13,14). The van der Waals surface area contributed by atoms with E-state index < -0.39 is 0 Å². The summed E-state index contributed by atoms with van der Waals surface area (Å²) in [5.41, 5.74) is 1.07. The van der Waals surface area contributed by atoms with Crippen molar-refractivity contribution >= 4 is 5.96 Å². The lowest BCUT2D eigenvalue weighted by molar-refractivity contribution is -0.00807. The minimum absolute atomic E-state index is 0.00938. The first kappa shape index (κ1) is 13.8. The highest BCUT2D eigenvalue weighted by Crippen LogP contribution is 2.21. The van der Waals surface area contributed by atoms with Gasteiger partial charge < -0.3 is 20.1 Å². The van der Waals surface area contributed by atoms with E-state index in [0.717, 1.165) is 24.6 Å². The highest BCUT2D eigenvalue weighted by molar-refractivity contribution is 5.80. The molecule has 1 aliphatic heterocycles. The molecule has 106 valence electrons. The summed E-state index contributed by atoms with van der Waals surface area (Å²) in [6, 6.07) is 0. The van der Waals surface area contributed by atoms with Crippen molar-refractivity contribution in [2.24, 2.45) is 12.0 Å². The van der Waals surface area contributed by atoms with Crippen molar-refractivity contribution in [1.29, 1.82) is 0 Å². The van der Waals surface area contributed by atoms with Crippen LogP contribution in [0.3, 0.4) is 0 Å². The number of rotatable bonds is 3. The van der Waals surface area contributed by atoms with Crippen molar-refractivity contribution in [2.75, 3.05) is 39.9 Å². The molecule has 2 N–H and O–H groups in total. The minimum atomic E-state index is 0.00938. The second-order valence-electron chi connectivity index (χ2n) is 4.45. The summed E-state index contributed by atoms with van der Waals surface area (Å²) in [6.45, 7) is 2.77. The van der Waals surface area contributed by atoms with Crippen LogP contribution in [-0.4, -0.2) is 65.6 Å². The Morgan fingerprint density at radius 3 is 3.16 bits per heavy atom. The average molecular weight is 267 g/mol. The van der Waals surface area contributed by atoms with Crippen molar-refractivity contribution in [3.63, 3.8) is 0 Å². The van der Waals surface area contributed by atoms with Gasteiger partial charge in [-0.2, -0.15) is 5.10 Å². The topological polar surface area (TPSA) is 74.9 Å². The van der Waals surface area contributed by atoms with Crippen LogP contribution < -0.4 is 5.32 Å². The van der Waals surface area contributed by atoms with E-state index in [9.17, 15) is 0 Å². The Bertz CT molecular complexity index is 432. The first-order valence-electron chi connectivity index (χ1n) is 6.41. The second-order valence-corrected chi connectivity index (χ2v) is 4.45. The number of aliphatic hydroxyl groups is 1. The van der Waals surface area contributed by atoms with Gasteiger partial charge in [0.15, 0.2) is 5.96 Å². The smallest absolute Gasteiger partial charge is 0.193 e. The Balaban J connectivity index is 2.00. The van der Waals surface area contributed by atoms with E-state index in [1.807, 2.05) is 19.4 Å². The van der Waals surface area contributed by atoms with Crippen LogP contribution >= 0.6 is 0 Å². The molecule has 0 amide bonds. The predicted octanol–water partition coefficient (Wildman–Crippen LogP) is -0.639. The summed E-state index contributed by atoms with van der Waals surface area (Å²) in [6.07, 6.45) is 3.81. The molecule has 2 rings (SSSR count). The first-order valence-corrected chi connectivity index (χ1v) is 6.41. The molecule has 0 spiro atoms. The molecular weight excluding hydrogens is 246 g/mol. The Kier molecular flexibility index (Phi) is 4.75. The van der Waals surface area contributed by atoms with Gasteiger partial charge in [0, 0.05) is 38.9 Å². The molecular formula is C12H21N5O2. The maximum atomic E-state index is 8.87. The fourth-order valence-corrected chi connectivity index (χ4v) is 2.15. The number of aliphatic hydroxyl groups excluding tert-OH is 1. The molecule has 0 saturated carbocycles. The summed E-state index contributed by atoms with van der Waals surface area (Å²) in [5.74, 6) is 0.797. The van der Waals surface area contributed by atoms with Gasteiger partial charge in [0.1, 0.15) is 6.10 Å². The Morgan fingerprint density at radius 2 is 2.53 bits per heavy atom. The van der Waals surface area contributed by atoms with Crippen molar-refractivity contribution in [3.8, 4) is 0 Å². The second kappa shape index (κ2) is 6.53. The van der Waals surface area contributed by atoms with E-state index in [1.54, 1.807) is 11.7 Å². The van der Waals surface area contributed by atoms with Crippen molar-refractivity contribution < 1.29 is 9.84 Å². The molecule has 1 unspecified atom stereocenters. The fourth-order valence-electron chi connectivity index (χ4n) is 2.15. The van der Waals surface area contributed by atoms with Crippen LogP contribution in [-0.2, 0) is 11.8 Å². The number of aryl methyl sites for hydroxylation is 1. The SMILES string of the molecule is CN=C(NCCO)N1CCOC(c2cnn(C)c2)C1. The molecule has 19 heavy (non-hydrogen) atoms. The molecule has 0 bridgehead atoms. The van der Waals surface area contributed by atoms with Crippen LogP contribution in [0.15, 0.2) is 17.4 Å². The quantitative estimate of drug-likeness (QED) is 0.563. The first-order chi connectivity index (χ1) is 9.24. The lowest BCUT2D eigenvalue weighted by Gasteiger charge is -2.34. The molecule has 0 aromatic carbocycles. The van der Waals surface area contributed by atoms with Gasteiger partial charge >= 0.3 is 0 Å². The van der Waals surface area contributed by atoms with Crippen LogP contribution in [0.2, 0.25) is 0 Å². The zero-order valence-electron chi connectivity index (χ0n) is 11.4. The maximum Gasteiger partial charge on any atom is 0.193 e. The molecule has 1 saturated heterocycles. The molecule has 1 aromatic heterocycles. The number of aliphatic imine (C=N–C) groups is 1. The normalized spacial score (nSPS) is 20.7. The molecule has 2 heterocycles. The number of nitrogens with one attached hydrogen (secondary N) is 1. The number of morpholine rings is 1. The molecule has 1 aromatic rings. The van der Waals surface area contributed by atoms with Gasteiger partial charge in [-0.25, -0.2) is 0 Å². The molecule has 7 heteroatoms. The summed E-state index contributed by atoms with van der Waals surface area (Å²) in [7, 11) is 3.64. The summed E-state index contributed by atoms with van der Waals surface area (Å²) >= 11 is 0. The van der Waals surface area contributed by atoms with E-state index in [2.05, 4.69) is 20.3 Å². The highest BCUT2D eigenvalue weighted by atomic mass is 16.5. The van der Waals surface area contributed by atoms with E-state index in [1.165, 1.54) is 0 Å². The van der Waals surface area contributed by atoms with Gasteiger partial charge in [0.05, 0.1) is 26.0 Å². The van der Waals surface area contributed by atoms with E-state index in [4.69, 9.17) is 9.84 Å². The van der Waals surface area contributed by atoms with Gasteiger partial charge in [-0.15, -0.1) is 0 Å². The Morgan fingerprint density at radius 1 is 1.68 bits per heavy atom. The minimum Gasteiger partial charge on any atom is -0.395 e. The third-order valence-corrected chi connectivity index (χ3v) is 3.07. The highest BCUT2D eigenvalue weighted by Gasteiger charge is 2.24. The van der Waals surface area contributed by atoms with Crippen LogP contribution in [0.5, 0.6) is 0 Å². The Hall–Kier alpha value is -1.60. The average Bonchev–Trinajstić information content (AvgIpc) is 2.87. The largest absolute Gasteiger partial charge is 0.395 e. The maximum absolute atomic E-state index is 8.87. The number of ether oxygens (including phenoxy) is 1. The number of aromatic nitrogens is 2. The summed E-state index contributed by atoms with van der Waals surface area (Å²) < 4.78 is 7.55. The summed E-state index contributed by atoms with van der Waals surface area (Å²) in [4.78, 5) is 6.36. The monoisotopic (exact) mass is 267 g/mol. The number of hydrogen-bond donors (Lipinski definition) is 2. The third kappa shape index (κ3) is 3.45. The molecule has 7 nitrogen and oxygen atoms in total. The van der Waals surface area contributed by atoms with Crippen molar-refractivity contribution in [1.82, 2.24) is 20.0 Å². The lowest BCUT2D eigenvalue weighted by Crippen LogP contribution is -2.48. The van der Waals surface area contributed by atoms with E-state index >= 15 is 0 Å². The molecule has 0 radical (unpaired) electrons. The van der Waals surface area contributed by atoms with Crippen LogP contribution in [0.1, 0.15) is 11.7 Å². The molecule has 1 fully saturated rings. The van der Waals surface area contributed by atoms with Gasteiger partial charge in [-0.3, -0.25) is 9.67 Å². The van der Waals surface area contributed by atoms with Gasteiger partial charge in [-0.05, 0) is 0 Å². The van der Waals surface area contributed by atoms with Crippen LogP contribution in [0.25, 0.3) is 0 Å². The fraction of sp³-hybridized carbons (Fsp3) is 0.667. The van der Waals surface area contributed by atoms with Crippen molar-refractivity contribution in [3.05, 3.63) is 18.0 Å². The number of guanidine groups is 1. The third-order valence-electron chi connectivity index (χ3n) is 3.07. The predicted molar refractivity (Wildman–Crippen MR) is 71.9 cm³/mol. The Labute approximate surface area is 112 Å². The van der Waals surface area contributed by atoms with E-state index in [0.29, 0.717) is 13.2 Å². The lowest BCUT2D eigenvalue weighted by atomic mass is 10.1. The van der Waals surface area contributed by atoms with Gasteiger partial charge in [0.25, 0.3) is 0 Å². The number of hydrogen-bond acceptors (Lipinski definition) is 4. The zero-order chi connectivity index (χ0) is 13.7. The van der Waals surface area contributed by atoms with Gasteiger partial charge in [-0.1, -0.05) is 0 Å².